The van der Waals surface area contributed by atoms with E-state index in [0.717, 1.165) is 23.5 Å². The van der Waals surface area contributed by atoms with E-state index in [0.29, 0.717) is 0 Å². The quantitative estimate of drug-likeness (QED) is 0.127. The second-order valence-corrected chi connectivity index (χ2v) is 17.0. The minimum absolute atomic E-state index is 0.168. The molecule has 65 heavy (non-hydrogen) atoms. The Bertz CT molecular complexity index is 3330. The number of nitrogens with zero attached hydrogens (tertiary/aromatic N) is 2. The normalized spacial score (nSPS) is 13.4. The molecular formula is C63H48N2. The first-order chi connectivity index (χ1) is 32.1. The average Bonchev–Trinajstić information content (AvgIpc) is 3.38. The van der Waals surface area contributed by atoms with E-state index in [1.807, 2.05) is 0 Å². The summed E-state index contributed by atoms with van der Waals surface area (Å²) in [5.74, 6) is 0. The third-order valence-electron chi connectivity index (χ3n) is 12.8. The van der Waals surface area contributed by atoms with E-state index in [-0.39, 0.29) is 6.04 Å². The van der Waals surface area contributed by atoms with Gasteiger partial charge in [-0.25, -0.2) is 0 Å². The Morgan fingerprint density at radius 1 is 0.369 bits per heavy atom. The summed E-state index contributed by atoms with van der Waals surface area (Å²) < 4.78 is 0. The summed E-state index contributed by atoms with van der Waals surface area (Å²) in [6.07, 6.45) is 7.98. The fourth-order valence-electron chi connectivity index (χ4n) is 9.53. The number of hydrogen-bond donors (Lipinski definition) is 0. The maximum atomic E-state index is 2.48. The smallest absolute Gasteiger partial charge is 0.0560 e. The lowest BCUT2D eigenvalue weighted by molar-refractivity contribution is 0.787. The summed E-state index contributed by atoms with van der Waals surface area (Å²) in [7, 11) is 0. The number of benzene rings is 10. The summed E-state index contributed by atoms with van der Waals surface area (Å²) >= 11 is 0. The van der Waals surface area contributed by atoms with Crippen LogP contribution in [0.15, 0.2) is 255 Å². The number of rotatable bonds is 10. The Hall–Kier alpha value is -8.20. The molecule has 0 amide bonds. The van der Waals surface area contributed by atoms with Crippen molar-refractivity contribution in [2.75, 3.05) is 9.80 Å². The van der Waals surface area contributed by atoms with Crippen LogP contribution in [0.4, 0.5) is 28.4 Å². The molecule has 2 heteroatoms. The van der Waals surface area contributed by atoms with Gasteiger partial charge in [-0.15, -0.1) is 0 Å². The highest BCUT2D eigenvalue weighted by molar-refractivity contribution is 6.14. The predicted octanol–water partition coefficient (Wildman–Crippen LogP) is 17.3. The van der Waals surface area contributed by atoms with Gasteiger partial charge < -0.3 is 9.80 Å². The lowest BCUT2D eigenvalue weighted by atomic mass is 9.93. The van der Waals surface area contributed by atoms with Crippen molar-refractivity contribution in [2.24, 2.45) is 0 Å². The van der Waals surface area contributed by atoms with Crippen molar-refractivity contribution in [3.05, 3.63) is 266 Å². The lowest BCUT2D eigenvalue weighted by Gasteiger charge is -2.33. The van der Waals surface area contributed by atoms with Crippen LogP contribution in [-0.2, 0) is 0 Å². The van der Waals surface area contributed by atoms with Gasteiger partial charge in [0.25, 0.3) is 0 Å². The Morgan fingerprint density at radius 3 is 1.49 bits per heavy atom. The molecule has 0 unspecified atom stereocenters. The van der Waals surface area contributed by atoms with Gasteiger partial charge in [0.2, 0.25) is 0 Å². The number of fused-ring (bicyclic) bond motifs is 3. The van der Waals surface area contributed by atoms with E-state index in [1.54, 1.807) is 0 Å². The van der Waals surface area contributed by atoms with E-state index in [9.17, 15) is 0 Å². The van der Waals surface area contributed by atoms with Crippen LogP contribution >= 0.6 is 0 Å². The van der Waals surface area contributed by atoms with E-state index in [1.165, 1.54) is 83.0 Å². The number of hydrogen-bond acceptors (Lipinski definition) is 2. The van der Waals surface area contributed by atoms with Gasteiger partial charge in [0.1, 0.15) is 0 Å². The molecule has 0 aliphatic heterocycles. The first kappa shape index (κ1) is 39.6. The Labute approximate surface area is 382 Å². The topological polar surface area (TPSA) is 6.48 Å². The van der Waals surface area contributed by atoms with Crippen LogP contribution in [0, 0.1) is 6.92 Å². The molecular weight excluding hydrogens is 785 g/mol. The highest BCUT2D eigenvalue weighted by atomic mass is 15.2. The van der Waals surface area contributed by atoms with Crippen LogP contribution < -0.4 is 9.80 Å². The van der Waals surface area contributed by atoms with Crippen molar-refractivity contribution in [3.8, 4) is 33.4 Å². The second-order valence-electron chi connectivity index (χ2n) is 17.0. The van der Waals surface area contributed by atoms with Gasteiger partial charge in [-0.2, -0.15) is 0 Å². The van der Waals surface area contributed by atoms with Crippen LogP contribution in [0.3, 0.4) is 0 Å². The Morgan fingerprint density at radius 2 is 0.877 bits per heavy atom. The molecule has 0 fully saturated rings. The third-order valence-corrected chi connectivity index (χ3v) is 12.8. The molecule has 0 bridgehead atoms. The van der Waals surface area contributed by atoms with Crippen molar-refractivity contribution in [2.45, 2.75) is 19.4 Å². The lowest BCUT2D eigenvalue weighted by Crippen LogP contribution is -2.30. The highest BCUT2D eigenvalue weighted by Gasteiger charge is 2.22. The summed E-state index contributed by atoms with van der Waals surface area (Å²) in [5, 5.41) is 4.94. The molecule has 0 aromatic heterocycles. The maximum absolute atomic E-state index is 2.48. The summed E-state index contributed by atoms with van der Waals surface area (Å²) in [6, 6.07) is 86.1. The molecule has 0 saturated heterocycles. The molecule has 310 valence electrons. The van der Waals surface area contributed by atoms with Gasteiger partial charge in [-0.3, -0.25) is 0 Å². The summed E-state index contributed by atoms with van der Waals surface area (Å²) in [4.78, 5) is 4.90. The molecule has 0 N–H and O–H groups in total. The largest absolute Gasteiger partial charge is 0.334 e. The van der Waals surface area contributed by atoms with Crippen LogP contribution in [0.1, 0.15) is 17.5 Å². The van der Waals surface area contributed by atoms with Crippen molar-refractivity contribution < 1.29 is 0 Å². The Kier molecular flexibility index (Phi) is 10.7. The van der Waals surface area contributed by atoms with Gasteiger partial charge in [-0.1, -0.05) is 194 Å². The average molecular weight is 833 g/mol. The van der Waals surface area contributed by atoms with Crippen LogP contribution in [0.2, 0.25) is 0 Å². The Balaban J connectivity index is 0.909. The van der Waals surface area contributed by atoms with E-state index in [2.05, 4.69) is 272 Å². The molecule has 10 aromatic carbocycles. The molecule has 1 aliphatic rings. The molecule has 0 saturated carbocycles. The molecule has 1 aliphatic carbocycles. The first-order valence-corrected chi connectivity index (χ1v) is 22.6. The fourth-order valence-corrected chi connectivity index (χ4v) is 9.53. The van der Waals surface area contributed by atoms with Gasteiger partial charge in [-0.05, 0) is 140 Å². The zero-order valence-electron chi connectivity index (χ0n) is 36.4. The zero-order chi connectivity index (χ0) is 43.5. The highest BCUT2D eigenvalue weighted by Crippen LogP contribution is 2.43. The van der Waals surface area contributed by atoms with Crippen molar-refractivity contribution in [3.63, 3.8) is 0 Å². The monoisotopic (exact) mass is 832 g/mol. The standard InChI is InChI=1S/C63H48N2/c1-45-14-12-22-59(42-45)64(56-36-32-51(33-37-56)53-21-13-20-52(43-53)47-17-6-3-7-18-47)55-34-26-49(27-35-55)50-30-40-58(41-31-50)65(57-38-28-48(29-39-57)46-15-4-2-5-16-46)63-44-54-19-8-9-23-60(54)61-24-10-11-25-62(61)63/h2-36,38-44,56H,37H2,1H3/t56-/m0/s1. The van der Waals surface area contributed by atoms with E-state index >= 15 is 0 Å². The first-order valence-electron chi connectivity index (χ1n) is 22.6. The summed E-state index contributed by atoms with van der Waals surface area (Å²) in [6.45, 7) is 2.17. The van der Waals surface area contributed by atoms with E-state index < -0.39 is 0 Å². The van der Waals surface area contributed by atoms with Gasteiger partial charge >= 0.3 is 0 Å². The second kappa shape index (κ2) is 17.5. The van der Waals surface area contributed by atoms with Gasteiger partial charge in [0.15, 0.2) is 0 Å². The minimum atomic E-state index is 0.168. The maximum Gasteiger partial charge on any atom is 0.0560 e. The zero-order valence-corrected chi connectivity index (χ0v) is 36.4. The number of anilines is 5. The van der Waals surface area contributed by atoms with Crippen LogP contribution in [0.25, 0.3) is 60.5 Å². The summed E-state index contributed by atoms with van der Waals surface area (Å²) in [5.41, 5.74) is 16.7. The third kappa shape index (κ3) is 8.03. The molecule has 1 atom stereocenters. The van der Waals surface area contributed by atoms with Crippen molar-refractivity contribution >= 4 is 55.6 Å². The molecule has 0 spiro atoms. The van der Waals surface area contributed by atoms with E-state index in [4.69, 9.17) is 0 Å². The van der Waals surface area contributed by atoms with Gasteiger partial charge in [0, 0.05) is 28.1 Å². The minimum Gasteiger partial charge on any atom is -0.334 e. The predicted molar refractivity (Wildman–Crippen MR) is 278 cm³/mol. The molecule has 11 rings (SSSR count). The fraction of sp³-hybridized carbons (Fsp3) is 0.0476. The SMILES string of the molecule is Cc1cccc(N(c2ccc(-c3ccc(N(c4ccc(-c5ccccc5)cc4)c4cc5ccccc5c5ccccc45)cc3)cc2)[C@H]2C=CC(c3cccc(-c4ccccc4)c3)=CC2)c1. The van der Waals surface area contributed by atoms with Crippen molar-refractivity contribution in [1.82, 2.24) is 0 Å². The van der Waals surface area contributed by atoms with Crippen molar-refractivity contribution in [1.29, 1.82) is 0 Å². The molecule has 10 aromatic rings. The number of aryl methyl sites for hydroxylation is 1. The molecule has 0 heterocycles. The van der Waals surface area contributed by atoms with Gasteiger partial charge in [0.05, 0.1) is 11.7 Å². The number of allylic oxidation sites excluding steroid dienone is 2. The van der Waals surface area contributed by atoms with Crippen LogP contribution in [-0.4, -0.2) is 6.04 Å². The molecule has 0 radical (unpaired) electrons. The van der Waals surface area contributed by atoms with Crippen LogP contribution in [0.5, 0.6) is 0 Å². The molecule has 2 nitrogen and oxygen atoms in total.